The van der Waals surface area contributed by atoms with Gasteiger partial charge in [0.1, 0.15) is 10.8 Å². The second kappa shape index (κ2) is 5.95. The summed E-state index contributed by atoms with van der Waals surface area (Å²) in [6.45, 7) is 3.52. The third kappa shape index (κ3) is 2.99. The van der Waals surface area contributed by atoms with E-state index in [1.807, 2.05) is 48.7 Å². The van der Waals surface area contributed by atoms with Crippen molar-refractivity contribution >= 4 is 39.8 Å². The molecule has 2 heterocycles. The van der Waals surface area contributed by atoms with Crippen LogP contribution in [0, 0.1) is 0 Å². The molecule has 0 saturated carbocycles. The molecule has 0 radical (unpaired) electrons. The molecule has 2 aromatic heterocycles. The van der Waals surface area contributed by atoms with E-state index in [-0.39, 0.29) is 11.0 Å². The summed E-state index contributed by atoms with van der Waals surface area (Å²) in [6.07, 6.45) is 0. The van der Waals surface area contributed by atoms with E-state index in [0.717, 1.165) is 26.6 Å². The van der Waals surface area contributed by atoms with E-state index in [9.17, 15) is 4.79 Å². The van der Waals surface area contributed by atoms with Crippen molar-refractivity contribution in [3.8, 4) is 10.7 Å². The average molecular weight is 314 g/mol. The van der Waals surface area contributed by atoms with Crippen molar-refractivity contribution in [2.75, 3.05) is 0 Å². The highest BCUT2D eigenvalue weighted by molar-refractivity contribution is 8.00. The molecular weight excluding hydrogens is 300 g/mol. The molecule has 0 unspecified atom stereocenters. The number of hydrogen-bond donors (Lipinski definition) is 0. The van der Waals surface area contributed by atoms with Gasteiger partial charge in [-0.25, -0.2) is 9.97 Å². The first-order valence-electron chi connectivity index (χ1n) is 6.63. The molecule has 0 spiro atoms. The number of thioether (sulfide) groups is 1. The number of carbonyl (C=O) groups excluding carboxylic acids is 1. The molecule has 1 atom stereocenters. The largest absolute Gasteiger partial charge is 0.299 e. The Morgan fingerprint density at radius 3 is 2.71 bits per heavy atom. The minimum Gasteiger partial charge on any atom is -0.299 e. The minimum absolute atomic E-state index is 0.112. The zero-order chi connectivity index (χ0) is 14.8. The van der Waals surface area contributed by atoms with Crippen LogP contribution in [0.4, 0.5) is 0 Å². The molecule has 3 nitrogen and oxygen atoms in total. The molecule has 21 heavy (non-hydrogen) atoms. The fourth-order valence-corrected chi connectivity index (χ4v) is 3.50. The number of ketones is 1. The van der Waals surface area contributed by atoms with Crippen LogP contribution >= 0.6 is 23.1 Å². The van der Waals surface area contributed by atoms with Crippen molar-refractivity contribution in [3.63, 3.8) is 0 Å². The maximum atomic E-state index is 11.5. The molecule has 5 heteroatoms. The lowest BCUT2D eigenvalue weighted by Crippen LogP contribution is -2.08. The van der Waals surface area contributed by atoms with Gasteiger partial charge in [0.15, 0.2) is 5.82 Å². The molecule has 0 bridgehead atoms. The van der Waals surface area contributed by atoms with Gasteiger partial charge in [-0.2, -0.15) is 0 Å². The van der Waals surface area contributed by atoms with E-state index >= 15 is 0 Å². The summed E-state index contributed by atoms with van der Waals surface area (Å²) in [7, 11) is 0. The van der Waals surface area contributed by atoms with Crippen LogP contribution < -0.4 is 0 Å². The molecule has 0 fully saturated rings. The van der Waals surface area contributed by atoms with E-state index in [4.69, 9.17) is 0 Å². The monoisotopic (exact) mass is 314 g/mol. The summed E-state index contributed by atoms with van der Waals surface area (Å²) in [4.78, 5) is 21.9. The van der Waals surface area contributed by atoms with E-state index in [1.54, 1.807) is 18.3 Å². The third-order valence-electron chi connectivity index (χ3n) is 3.17. The summed E-state index contributed by atoms with van der Waals surface area (Å²) in [5.41, 5.74) is 0.911. The predicted molar refractivity (Wildman–Crippen MR) is 88.9 cm³/mol. The molecule has 0 N–H and O–H groups in total. The average Bonchev–Trinajstić information content (AvgIpc) is 3.01. The minimum atomic E-state index is -0.112. The van der Waals surface area contributed by atoms with Crippen molar-refractivity contribution in [3.05, 3.63) is 41.8 Å². The summed E-state index contributed by atoms with van der Waals surface area (Å²) in [5.74, 6) is 0.877. The van der Waals surface area contributed by atoms with Gasteiger partial charge in [-0.1, -0.05) is 36.0 Å². The van der Waals surface area contributed by atoms with Crippen LogP contribution in [-0.4, -0.2) is 21.0 Å². The van der Waals surface area contributed by atoms with Crippen molar-refractivity contribution in [2.24, 2.45) is 0 Å². The molecule has 0 aliphatic rings. The number of Topliss-reactive ketones (excluding diaryl/α,β-unsaturated/α-hetero) is 1. The quantitative estimate of drug-likeness (QED) is 0.528. The normalized spacial score (nSPS) is 12.5. The van der Waals surface area contributed by atoms with Crippen molar-refractivity contribution < 1.29 is 4.79 Å². The number of benzene rings is 1. The lowest BCUT2D eigenvalue weighted by Gasteiger charge is -2.10. The highest BCUT2D eigenvalue weighted by Crippen LogP contribution is 2.32. The Balaban J connectivity index is 2.14. The summed E-state index contributed by atoms with van der Waals surface area (Å²) in [5, 5.41) is 3.76. The number of hydrogen-bond acceptors (Lipinski definition) is 5. The molecule has 0 aliphatic carbocycles. The Morgan fingerprint density at radius 1 is 1.19 bits per heavy atom. The van der Waals surface area contributed by atoms with Crippen LogP contribution in [0.5, 0.6) is 0 Å². The van der Waals surface area contributed by atoms with Crippen LogP contribution in [-0.2, 0) is 4.79 Å². The first-order chi connectivity index (χ1) is 10.1. The second-order valence-electron chi connectivity index (χ2n) is 4.72. The van der Waals surface area contributed by atoms with Crippen molar-refractivity contribution in [1.29, 1.82) is 0 Å². The van der Waals surface area contributed by atoms with Gasteiger partial charge >= 0.3 is 0 Å². The highest BCUT2D eigenvalue weighted by Gasteiger charge is 2.15. The standard InChI is InChI=1S/C16H14N2OS2/c1-10(19)11(2)21-16-12-6-3-4-7-13(12)17-15(18-16)14-8-5-9-20-14/h3-9,11H,1-2H3/t11-/m0/s1. The molecule has 0 amide bonds. The zero-order valence-corrected chi connectivity index (χ0v) is 13.4. The summed E-state index contributed by atoms with van der Waals surface area (Å²) < 4.78 is 0. The lowest BCUT2D eigenvalue weighted by molar-refractivity contribution is -0.116. The fraction of sp³-hybridized carbons (Fsp3) is 0.188. The number of fused-ring (bicyclic) bond motifs is 1. The van der Waals surface area contributed by atoms with Gasteiger partial charge in [-0.3, -0.25) is 4.79 Å². The Hall–Kier alpha value is -1.72. The van der Waals surface area contributed by atoms with Crippen molar-refractivity contribution in [2.45, 2.75) is 24.1 Å². The number of aromatic nitrogens is 2. The lowest BCUT2D eigenvalue weighted by atomic mass is 10.2. The SMILES string of the molecule is CC(=O)[C@H](C)Sc1nc(-c2cccs2)nc2ccccc12. The summed E-state index contributed by atoms with van der Waals surface area (Å²) >= 11 is 3.11. The molecule has 0 saturated heterocycles. The predicted octanol–water partition coefficient (Wildman–Crippen LogP) is 4.43. The number of thiophene rings is 1. The third-order valence-corrected chi connectivity index (χ3v) is 5.26. The second-order valence-corrected chi connectivity index (χ2v) is 6.99. The van der Waals surface area contributed by atoms with Crippen LogP contribution in [0.2, 0.25) is 0 Å². The van der Waals surface area contributed by atoms with Gasteiger partial charge in [0.2, 0.25) is 0 Å². The molecule has 106 valence electrons. The van der Waals surface area contributed by atoms with Gasteiger partial charge in [0.25, 0.3) is 0 Å². The Morgan fingerprint density at radius 2 is 2.00 bits per heavy atom. The maximum Gasteiger partial charge on any atom is 0.171 e. The first-order valence-corrected chi connectivity index (χ1v) is 8.39. The van der Waals surface area contributed by atoms with E-state index < -0.39 is 0 Å². The number of carbonyl (C=O) groups is 1. The van der Waals surface area contributed by atoms with Gasteiger partial charge in [0, 0.05) is 5.39 Å². The fourth-order valence-electron chi connectivity index (χ4n) is 1.90. The van der Waals surface area contributed by atoms with Crippen LogP contribution in [0.25, 0.3) is 21.6 Å². The van der Waals surface area contributed by atoms with E-state index in [2.05, 4.69) is 9.97 Å². The van der Waals surface area contributed by atoms with Crippen molar-refractivity contribution in [1.82, 2.24) is 9.97 Å². The maximum absolute atomic E-state index is 11.5. The van der Waals surface area contributed by atoms with Crippen LogP contribution in [0.1, 0.15) is 13.8 Å². The Bertz CT molecular complexity index is 784. The number of rotatable bonds is 4. The number of para-hydroxylation sites is 1. The van der Waals surface area contributed by atoms with Gasteiger partial charge < -0.3 is 0 Å². The molecule has 1 aromatic carbocycles. The van der Waals surface area contributed by atoms with Crippen LogP contribution in [0.15, 0.2) is 46.8 Å². The van der Waals surface area contributed by atoms with E-state index in [0.29, 0.717) is 0 Å². The first kappa shape index (κ1) is 14.2. The highest BCUT2D eigenvalue weighted by atomic mass is 32.2. The molecule has 0 aliphatic heterocycles. The number of nitrogens with zero attached hydrogens (tertiary/aromatic N) is 2. The van der Waals surface area contributed by atoms with E-state index in [1.165, 1.54) is 11.8 Å². The zero-order valence-electron chi connectivity index (χ0n) is 11.7. The van der Waals surface area contributed by atoms with Gasteiger partial charge in [0.05, 0.1) is 15.6 Å². The van der Waals surface area contributed by atoms with Gasteiger partial charge in [-0.05, 0) is 31.4 Å². The Kier molecular flexibility index (Phi) is 4.03. The summed E-state index contributed by atoms with van der Waals surface area (Å²) in [6, 6.07) is 11.9. The molecule has 3 rings (SSSR count). The topological polar surface area (TPSA) is 42.9 Å². The smallest absolute Gasteiger partial charge is 0.171 e. The molecular formula is C16H14N2OS2. The molecule has 3 aromatic rings. The van der Waals surface area contributed by atoms with Crippen LogP contribution in [0.3, 0.4) is 0 Å². The Labute approximate surface area is 131 Å². The van der Waals surface area contributed by atoms with Gasteiger partial charge in [-0.15, -0.1) is 11.3 Å².